The molecule has 0 fully saturated rings. The number of hydrogen-bond acceptors (Lipinski definition) is 7. The highest BCUT2D eigenvalue weighted by atomic mass is 16.5. The Morgan fingerprint density at radius 3 is 2.33 bits per heavy atom. The second-order valence-corrected chi connectivity index (χ2v) is 8.21. The second kappa shape index (κ2) is 9.02. The van der Waals surface area contributed by atoms with Crippen LogP contribution in [0.1, 0.15) is 42.7 Å². The largest absolute Gasteiger partial charge is 0.504 e. The summed E-state index contributed by atoms with van der Waals surface area (Å²) >= 11 is 0. The van der Waals surface area contributed by atoms with Crippen LogP contribution in [0.25, 0.3) is 0 Å². The summed E-state index contributed by atoms with van der Waals surface area (Å²) in [7, 11) is 4.40. The fraction of sp³-hybridized carbons (Fsp3) is 0.308. The van der Waals surface area contributed by atoms with Gasteiger partial charge in [0.2, 0.25) is 0 Å². The first-order valence-electron chi connectivity index (χ1n) is 10.7. The number of ketones is 1. The molecule has 33 heavy (non-hydrogen) atoms. The molecule has 1 aliphatic carbocycles. The number of hydrogen-bond donors (Lipinski definition) is 2. The van der Waals surface area contributed by atoms with Crippen LogP contribution in [0.15, 0.2) is 65.0 Å². The molecule has 0 unspecified atom stereocenters. The molecule has 0 radical (unpaired) electrons. The van der Waals surface area contributed by atoms with Crippen molar-refractivity contribution in [3.63, 3.8) is 0 Å². The summed E-state index contributed by atoms with van der Waals surface area (Å²) in [6.07, 6.45) is 0.955. The third-order valence-corrected chi connectivity index (χ3v) is 6.36. The number of methoxy groups -OCH3 is 3. The summed E-state index contributed by atoms with van der Waals surface area (Å²) in [4.78, 5) is 26.3. The Kier molecular flexibility index (Phi) is 6.14. The number of nitrogens with one attached hydrogen (secondary N) is 1. The summed E-state index contributed by atoms with van der Waals surface area (Å²) < 4.78 is 15.6. The summed E-state index contributed by atoms with van der Waals surface area (Å²) in [5.74, 6) is -0.123. The van der Waals surface area contributed by atoms with Crippen molar-refractivity contribution in [3.05, 3.63) is 76.1 Å². The number of aromatic hydroxyl groups is 1. The Labute approximate surface area is 192 Å². The smallest absolute Gasteiger partial charge is 0.336 e. The molecule has 2 aliphatic rings. The Hall–Kier alpha value is -3.74. The van der Waals surface area contributed by atoms with E-state index in [0.717, 1.165) is 17.0 Å². The number of dihydropyridines is 1. The molecule has 1 aliphatic heterocycles. The van der Waals surface area contributed by atoms with Crippen LogP contribution in [-0.4, -0.2) is 38.2 Å². The first-order chi connectivity index (χ1) is 15.9. The Morgan fingerprint density at radius 2 is 1.70 bits per heavy atom. The zero-order valence-corrected chi connectivity index (χ0v) is 19.1. The number of esters is 1. The summed E-state index contributed by atoms with van der Waals surface area (Å²) in [6.45, 7) is 1.81. The van der Waals surface area contributed by atoms with E-state index in [1.807, 2.05) is 31.2 Å². The van der Waals surface area contributed by atoms with Crippen LogP contribution in [0.2, 0.25) is 0 Å². The molecule has 0 bridgehead atoms. The fourth-order valence-corrected chi connectivity index (χ4v) is 4.74. The van der Waals surface area contributed by atoms with E-state index in [4.69, 9.17) is 14.2 Å². The van der Waals surface area contributed by atoms with E-state index in [1.165, 1.54) is 20.3 Å². The lowest BCUT2D eigenvalue weighted by atomic mass is 9.71. The van der Waals surface area contributed by atoms with E-state index in [9.17, 15) is 14.7 Å². The highest BCUT2D eigenvalue weighted by Crippen LogP contribution is 2.46. The van der Waals surface area contributed by atoms with Crippen molar-refractivity contribution >= 4 is 11.8 Å². The molecule has 0 aromatic heterocycles. The molecule has 2 N–H and O–H groups in total. The first-order valence-corrected chi connectivity index (χ1v) is 10.7. The van der Waals surface area contributed by atoms with E-state index in [0.29, 0.717) is 35.2 Å². The molecule has 0 amide bonds. The topological polar surface area (TPSA) is 94.1 Å². The van der Waals surface area contributed by atoms with Crippen molar-refractivity contribution in [1.29, 1.82) is 0 Å². The maximum atomic E-state index is 13.5. The van der Waals surface area contributed by atoms with Crippen LogP contribution in [0, 0.1) is 0 Å². The minimum absolute atomic E-state index is 0.0112. The van der Waals surface area contributed by atoms with E-state index in [1.54, 1.807) is 19.2 Å². The van der Waals surface area contributed by atoms with Crippen molar-refractivity contribution in [2.45, 2.75) is 31.6 Å². The maximum absolute atomic E-state index is 13.5. The van der Waals surface area contributed by atoms with Gasteiger partial charge in [-0.25, -0.2) is 4.79 Å². The predicted molar refractivity (Wildman–Crippen MR) is 122 cm³/mol. The number of carbonyl (C=O) groups is 2. The summed E-state index contributed by atoms with van der Waals surface area (Å²) in [6, 6.07) is 12.6. The zero-order chi connectivity index (χ0) is 23.7. The van der Waals surface area contributed by atoms with Crippen LogP contribution in [0.4, 0.5) is 0 Å². The zero-order valence-electron chi connectivity index (χ0n) is 19.1. The van der Waals surface area contributed by atoms with Gasteiger partial charge < -0.3 is 24.6 Å². The predicted octanol–water partition coefficient (Wildman–Crippen LogP) is 3.94. The molecule has 0 spiro atoms. The maximum Gasteiger partial charge on any atom is 0.336 e. The van der Waals surface area contributed by atoms with Gasteiger partial charge in [-0.05, 0) is 54.7 Å². The monoisotopic (exact) mass is 449 g/mol. The normalized spacial score (nSPS) is 20.2. The molecule has 2 aromatic carbocycles. The number of allylic oxidation sites excluding steroid dienone is 3. The van der Waals surface area contributed by atoms with Gasteiger partial charge in [-0.2, -0.15) is 0 Å². The van der Waals surface area contributed by atoms with E-state index in [2.05, 4.69) is 5.32 Å². The van der Waals surface area contributed by atoms with Gasteiger partial charge in [0.15, 0.2) is 17.3 Å². The third-order valence-electron chi connectivity index (χ3n) is 6.36. The van der Waals surface area contributed by atoms with Gasteiger partial charge in [0, 0.05) is 29.3 Å². The molecule has 0 saturated carbocycles. The van der Waals surface area contributed by atoms with Gasteiger partial charge in [-0.3, -0.25) is 4.79 Å². The van der Waals surface area contributed by atoms with E-state index in [-0.39, 0.29) is 23.2 Å². The number of rotatable bonds is 5. The first kappa shape index (κ1) is 22.5. The average molecular weight is 450 g/mol. The van der Waals surface area contributed by atoms with Crippen molar-refractivity contribution in [3.8, 4) is 17.2 Å². The summed E-state index contributed by atoms with van der Waals surface area (Å²) in [5, 5.41) is 13.4. The quantitative estimate of drug-likeness (QED) is 0.668. The number of benzene rings is 2. The Balaban J connectivity index is 1.80. The SMILES string of the molecule is COC(=O)C1=C(C)NC2=C(C(=O)C[C@@H](c3ccc(OC)cc3)C2)[C@H]1c1ccc(O)c(OC)c1. The van der Waals surface area contributed by atoms with Gasteiger partial charge >= 0.3 is 5.97 Å². The minimum atomic E-state index is -0.618. The van der Waals surface area contributed by atoms with Gasteiger partial charge in [0.1, 0.15) is 5.75 Å². The van der Waals surface area contributed by atoms with Crippen molar-refractivity contribution in [2.75, 3.05) is 21.3 Å². The van der Waals surface area contributed by atoms with Crippen LogP contribution in [0.3, 0.4) is 0 Å². The van der Waals surface area contributed by atoms with Crippen LogP contribution < -0.4 is 14.8 Å². The lowest BCUT2D eigenvalue weighted by Gasteiger charge is -2.36. The molecular weight excluding hydrogens is 422 g/mol. The second-order valence-electron chi connectivity index (χ2n) is 8.21. The van der Waals surface area contributed by atoms with E-state index >= 15 is 0 Å². The lowest BCUT2D eigenvalue weighted by Crippen LogP contribution is -2.36. The van der Waals surface area contributed by atoms with Crippen molar-refractivity contribution in [1.82, 2.24) is 5.32 Å². The molecule has 0 saturated heterocycles. The van der Waals surface area contributed by atoms with Crippen LogP contribution >= 0.6 is 0 Å². The highest BCUT2D eigenvalue weighted by molar-refractivity contribution is 6.04. The van der Waals surface area contributed by atoms with Gasteiger partial charge in [-0.1, -0.05) is 18.2 Å². The highest BCUT2D eigenvalue weighted by Gasteiger charge is 2.41. The lowest BCUT2D eigenvalue weighted by molar-refractivity contribution is -0.136. The Bertz CT molecular complexity index is 1160. The van der Waals surface area contributed by atoms with Crippen molar-refractivity contribution < 1.29 is 28.9 Å². The molecule has 2 aromatic rings. The molecule has 7 nitrogen and oxygen atoms in total. The molecule has 172 valence electrons. The van der Waals surface area contributed by atoms with Gasteiger partial charge in [0.25, 0.3) is 0 Å². The molecule has 2 atom stereocenters. The fourth-order valence-electron chi connectivity index (χ4n) is 4.74. The number of phenols is 1. The average Bonchev–Trinajstić information content (AvgIpc) is 2.83. The van der Waals surface area contributed by atoms with Gasteiger partial charge in [0.05, 0.1) is 26.9 Å². The van der Waals surface area contributed by atoms with E-state index < -0.39 is 11.9 Å². The number of carbonyl (C=O) groups excluding carboxylic acids is 2. The summed E-state index contributed by atoms with van der Waals surface area (Å²) in [5.41, 5.74) is 4.10. The van der Waals surface area contributed by atoms with Gasteiger partial charge in [-0.15, -0.1) is 0 Å². The van der Waals surface area contributed by atoms with Crippen LogP contribution in [0.5, 0.6) is 17.2 Å². The standard InChI is InChI=1S/C26H27NO6/c1-14-23(26(30)33-4)24(16-7-10-20(28)22(13-16)32-3)25-19(27-14)11-17(12-21(25)29)15-5-8-18(31-2)9-6-15/h5-10,13,17,24,27-28H,11-12H2,1-4H3/t17-,24-/m0/s1. The minimum Gasteiger partial charge on any atom is -0.504 e. The molecule has 1 heterocycles. The molecular formula is C26H27NO6. The molecule has 7 heteroatoms. The number of Topliss-reactive ketones (excluding diaryl/α,β-unsaturated/α-hetero) is 1. The number of phenolic OH excluding ortho intramolecular Hbond substituents is 1. The Morgan fingerprint density at radius 1 is 1.00 bits per heavy atom. The van der Waals surface area contributed by atoms with Crippen LogP contribution in [-0.2, 0) is 14.3 Å². The molecule has 4 rings (SSSR count). The van der Waals surface area contributed by atoms with Crippen molar-refractivity contribution in [2.24, 2.45) is 0 Å². The number of ether oxygens (including phenoxy) is 3. The third kappa shape index (κ3) is 4.06.